The van der Waals surface area contributed by atoms with Gasteiger partial charge in [-0.05, 0) is 96.5 Å². The van der Waals surface area contributed by atoms with Gasteiger partial charge in [-0.2, -0.15) is 0 Å². The molecule has 0 aliphatic heterocycles. The first-order valence-electron chi connectivity index (χ1n) is 11.7. The van der Waals surface area contributed by atoms with E-state index in [9.17, 15) is 19.2 Å². The summed E-state index contributed by atoms with van der Waals surface area (Å²) >= 11 is 0. The van der Waals surface area contributed by atoms with Gasteiger partial charge < -0.3 is 21.3 Å². The molecule has 0 unspecified atom stereocenters. The second kappa shape index (κ2) is 11.6. The van der Waals surface area contributed by atoms with E-state index in [1.807, 2.05) is 41.5 Å². The van der Waals surface area contributed by atoms with Crippen molar-refractivity contribution in [1.82, 2.24) is 10.6 Å². The fourth-order valence-electron chi connectivity index (χ4n) is 3.09. The van der Waals surface area contributed by atoms with Crippen molar-refractivity contribution in [2.75, 3.05) is 10.6 Å². The summed E-state index contributed by atoms with van der Waals surface area (Å²) < 4.78 is 0. The molecule has 0 saturated carbocycles. The largest absolute Gasteiger partial charge is 0.347 e. The summed E-state index contributed by atoms with van der Waals surface area (Å²) in [5, 5.41) is 11.3. The summed E-state index contributed by atoms with van der Waals surface area (Å²) in [5.74, 6) is -0.772. The van der Waals surface area contributed by atoms with E-state index in [0.717, 1.165) is 0 Å². The molecule has 0 heterocycles. The molecule has 0 fully saturated rings. The number of carbonyl (C=O) groups is 4. The number of carbonyl (C=O) groups excluding carboxylic acids is 4. The van der Waals surface area contributed by atoms with Crippen LogP contribution in [-0.4, -0.2) is 34.7 Å². The molecule has 0 atom stereocenters. The molecule has 2 aromatic carbocycles. The topological polar surface area (TPSA) is 116 Å². The van der Waals surface area contributed by atoms with Crippen LogP contribution >= 0.6 is 0 Å². The molecule has 0 bridgehead atoms. The summed E-state index contributed by atoms with van der Waals surface area (Å²) in [6, 6.07) is 13.3. The molecule has 0 aliphatic rings. The molecular weight excluding hydrogens is 444 g/mol. The van der Waals surface area contributed by atoms with Gasteiger partial charge in [-0.25, -0.2) is 0 Å². The Labute approximate surface area is 207 Å². The molecule has 4 amide bonds. The van der Waals surface area contributed by atoms with Crippen molar-refractivity contribution in [2.45, 2.75) is 71.9 Å². The number of hydrogen-bond acceptors (Lipinski definition) is 4. The molecule has 188 valence electrons. The first kappa shape index (κ1) is 27.6. The summed E-state index contributed by atoms with van der Waals surface area (Å²) in [6.45, 7) is 11.4. The molecule has 0 aromatic heterocycles. The number of benzene rings is 2. The molecule has 2 aromatic rings. The van der Waals surface area contributed by atoms with Crippen LogP contribution < -0.4 is 21.3 Å². The lowest BCUT2D eigenvalue weighted by Gasteiger charge is -2.20. The van der Waals surface area contributed by atoms with Gasteiger partial charge in [0.25, 0.3) is 11.8 Å². The summed E-state index contributed by atoms with van der Waals surface area (Å²) in [4.78, 5) is 48.7. The average molecular weight is 481 g/mol. The van der Waals surface area contributed by atoms with E-state index in [0.29, 0.717) is 28.9 Å². The standard InChI is InChI=1S/C27H36N4O4/c1-26(2,3)30-24(34)18-10-14-20(15-11-18)28-22(32)8-7-9-23(33)29-21-16-12-19(13-17-21)25(35)31-27(4,5)6/h10-17H,7-9H2,1-6H3,(H,28,32)(H,29,33)(H,30,34)(H,31,35). The zero-order chi connectivity index (χ0) is 26.2. The Morgan fingerprint density at radius 3 is 1.17 bits per heavy atom. The monoisotopic (exact) mass is 480 g/mol. The first-order valence-corrected chi connectivity index (χ1v) is 11.7. The minimum atomic E-state index is -0.331. The summed E-state index contributed by atoms with van der Waals surface area (Å²) in [7, 11) is 0. The third kappa shape index (κ3) is 10.4. The normalized spacial score (nSPS) is 11.4. The third-order valence-corrected chi connectivity index (χ3v) is 4.65. The van der Waals surface area contributed by atoms with Crippen LogP contribution in [0.25, 0.3) is 0 Å². The smallest absolute Gasteiger partial charge is 0.251 e. The lowest BCUT2D eigenvalue weighted by Crippen LogP contribution is -2.40. The van der Waals surface area contributed by atoms with E-state index < -0.39 is 0 Å². The first-order chi connectivity index (χ1) is 16.2. The van der Waals surface area contributed by atoms with Crippen LogP contribution in [0.15, 0.2) is 48.5 Å². The van der Waals surface area contributed by atoms with Gasteiger partial charge in [0.15, 0.2) is 0 Å². The molecule has 0 spiro atoms. The fraction of sp³-hybridized carbons (Fsp3) is 0.407. The molecule has 0 radical (unpaired) electrons. The molecular formula is C27H36N4O4. The SMILES string of the molecule is CC(C)(C)NC(=O)c1ccc(NC(=O)CCCC(=O)Nc2ccc(C(=O)NC(C)(C)C)cc2)cc1. The van der Waals surface area contributed by atoms with Crippen LogP contribution in [-0.2, 0) is 9.59 Å². The van der Waals surface area contributed by atoms with Crippen molar-refractivity contribution >= 4 is 35.0 Å². The molecule has 0 aliphatic carbocycles. The Morgan fingerprint density at radius 2 is 0.886 bits per heavy atom. The highest BCUT2D eigenvalue weighted by Crippen LogP contribution is 2.14. The Kier molecular flexibility index (Phi) is 9.17. The minimum Gasteiger partial charge on any atom is -0.347 e. The van der Waals surface area contributed by atoms with Gasteiger partial charge in [-0.3, -0.25) is 19.2 Å². The third-order valence-electron chi connectivity index (χ3n) is 4.65. The van der Waals surface area contributed by atoms with Gasteiger partial charge in [0, 0.05) is 46.4 Å². The zero-order valence-electron chi connectivity index (χ0n) is 21.4. The van der Waals surface area contributed by atoms with Gasteiger partial charge in [0.2, 0.25) is 11.8 Å². The number of anilines is 2. The van der Waals surface area contributed by atoms with E-state index in [1.54, 1.807) is 48.5 Å². The Morgan fingerprint density at radius 1 is 0.571 bits per heavy atom. The molecule has 4 N–H and O–H groups in total. The quantitative estimate of drug-likeness (QED) is 0.445. The number of amides is 4. The van der Waals surface area contributed by atoms with E-state index in [1.165, 1.54) is 0 Å². The zero-order valence-corrected chi connectivity index (χ0v) is 21.4. The van der Waals surface area contributed by atoms with Gasteiger partial charge >= 0.3 is 0 Å². The number of rotatable bonds is 8. The molecule has 0 saturated heterocycles. The van der Waals surface area contributed by atoms with Gasteiger partial charge in [0.1, 0.15) is 0 Å². The van der Waals surface area contributed by atoms with Gasteiger partial charge in [-0.1, -0.05) is 0 Å². The maximum atomic E-state index is 12.2. The van der Waals surface area contributed by atoms with Crippen LogP contribution in [0, 0.1) is 0 Å². The second-order valence-electron chi connectivity index (χ2n) is 10.5. The van der Waals surface area contributed by atoms with Crippen LogP contribution in [0.4, 0.5) is 11.4 Å². The van der Waals surface area contributed by atoms with E-state index >= 15 is 0 Å². The highest BCUT2D eigenvalue weighted by atomic mass is 16.2. The number of nitrogens with one attached hydrogen (secondary N) is 4. The Hall–Kier alpha value is -3.68. The maximum absolute atomic E-state index is 12.2. The van der Waals surface area contributed by atoms with Crippen molar-refractivity contribution in [3.63, 3.8) is 0 Å². The number of hydrogen-bond donors (Lipinski definition) is 4. The second-order valence-corrected chi connectivity index (χ2v) is 10.5. The molecule has 2 rings (SSSR count). The maximum Gasteiger partial charge on any atom is 0.251 e. The van der Waals surface area contributed by atoms with Crippen molar-refractivity contribution in [3.05, 3.63) is 59.7 Å². The predicted molar refractivity (Wildman–Crippen MR) is 138 cm³/mol. The minimum absolute atomic E-state index is 0.177. The van der Waals surface area contributed by atoms with Gasteiger partial charge in [0.05, 0.1) is 0 Å². The highest BCUT2D eigenvalue weighted by molar-refractivity contribution is 5.97. The predicted octanol–water partition coefficient (Wildman–Crippen LogP) is 4.49. The Balaban J connectivity index is 1.74. The molecule has 8 nitrogen and oxygen atoms in total. The van der Waals surface area contributed by atoms with Crippen LogP contribution in [0.5, 0.6) is 0 Å². The van der Waals surface area contributed by atoms with Crippen LogP contribution in [0.1, 0.15) is 81.5 Å². The average Bonchev–Trinajstić information content (AvgIpc) is 2.72. The van der Waals surface area contributed by atoms with Crippen LogP contribution in [0.2, 0.25) is 0 Å². The van der Waals surface area contributed by atoms with Gasteiger partial charge in [-0.15, -0.1) is 0 Å². The van der Waals surface area contributed by atoms with Crippen molar-refractivity contribution < 1.29 is 19.2 Å². The van der Waals surface area contributed by atoms with E-state index in [2.05, 4.69) is 21.3 Å². The van der Waals surface area contributed by atoms with Crippen molar-refractivity contribution in [1.29, 1.82) is 0 Å². The van der Waals surface area contributed by atoms with E-state index in [4.69, 9.17) is 0 Å². The van der Waals surface area contributed by atoms with Crippen molar-refractivity contribution in [3.8, 4) is 0 Å². The molecule has 8 heteroatoms. The molecule has 35 heavy (non-hydrogen) atoms. The lowest BCUT2D eigenvalue weighted by molar-refractivity contribution is -0.117. The van der Waals surface area contributed by atoms with E-state index in [-0.39, 0.29) is 47.5 Å². The summed E-state index contributed by atoms with van der Waals surface area (Å²) in [6.07, 6.45) is 0.757. The fourth-order valence-corrected chi connectivity index (χ4v) is 3.09. The van der Waals surface area contributed by atoms with Crippen molar-refractivity contribution in [2.24, 2.45) is 0 Å². The highest BCUT2D eigenvalue weighted by Gasteiger charge is 2.16. The Bertz CT molecular complexity index is 961. The van der Waals surface area contributed by atoms with Crippen LogP contribution in [0.3, 0.4) is 0 Å². The summed E-state index contributed by atoms with van der Waals surface area (Å²) in [5.41, 5.74) is 1.53. The lowest BCUT2D eigenvalue weighted by atomic mass is 10.1.